The maximum Gasteiger partial charge on any atom is 0.309 e. The van der Waals surface area contributed by atoms with Crippen LogP contribution in [-0.2, 0) is 14.3 Å². The molecule has 0 aromatic carbocycles. The van der Waals surface area contributed by atoms with Gasteiger partial charge in [0.2, 0.25) is 0 Å². The summed E-state index contributed by atoms with van der Waals surface area (Å²) in [4.78, 5) is 12.4. The van der Waals surface area contributed by atoms with E-state index in [1.54, 1.807) is 5.57 Å². The molecule has 1 saturated heterocycles. The topological polar surface area (TPSA) is 116 Å². The van der Waals surface area contributed by atoms with Gasteiger partial charge in [0, 0.05) is 6.42 Å². The number of carboxylic acids is 1. The average molecular weight is 603 g/mol. The van der Waals surface area contributed by atoms with Gasteiger partial charge in [-0.3, -0.25) is 4.79 Å². The summed E-state index contributed by atoms with van der Waals surface area (Å²) in [5.41, 5.74) is 1.43. The molecule has 7 heteroatoms. The lowest BCUT2D eigenvalue weighted by molar-refractivity contribution is -0.297. The van der Waals surface area contributed by atoms with E-state index < -0.39 is 36.0 Å². The van der Waals surface area contributed by atoms with E-state index >= 15 is 0 Å². The number of aliphatic carboxylic acids is 1. The van der Waals surface area contributed by atoms with Crippen molar-refractivity contribution >= 4 is 5.97 Å². The first-order valence-corrected chi connectivity index (χ1v) is 17.2. The predicted molar refractivity (Wildman–Crippen MR) is 164 cm³/mol. The molecular weight excluding hydrogens is 544 g/mol. The van der Waals surface area contributed by atoms with Gasteiger partial charge in [0.25, 0.3) is 0 Å². The highest BCUT2D eigenvalue weighted by molar-refractivity contribution is 5.74. The van der Waals surface area contributed by atoms with E-state index in [1.165, 1.54) is 19.3 Å². The van der Waals surface area contributed by atoms with Crippen LogP contribution in [0.25, 0.3) is 0 Å². The summed E-state index contributed by atoms with van der Waals surface area (Å²) in [5.74, 6) is 0.736. The van der Waals surface area contributed by atoms with Gasteiger partial charge in [-0.25, -0.2) is 0 Å². The zero-order valence-corrected chi connectivity index (χ0v) is 27.7. The Hall–Kier alpha value is -0.990. The Morgan fingerprint density at radius 1 is 0.953 bits per heavy atom. The molecule has 13 atom stereocenters. The smallest absolute Gasteiger partial charge is 0.309 e. The van der Waals surface area contributed by atoms with Crippen LogP contribution in [0, 0.1) is 50.2 Å². The van der Waals surface area contributed by atoms with Crippen molar-refractivity contribution in [2.45, 2.75) is 150 Å². The fourth-order valence-corrected chi connectivity index (χ4v) is 12.1. The number of allylic oxidation sites excluding steroid dienone is 2. The van der Waals surface area contributed by atoms with E-state index in [0.717, 1.165) is 44.9 Å². The standard InChI is InChI=1S/C36H58O7/c1-31(2)25-10-13-36(7)26(34(25,5)12-11-27(31)43-28-18-23(38)29(39)24(20-37)42-28)9-8-21-22-19-33(4,30(40)41)15-14-32(22,3)16-17-35(21,36)6/h8,22-29,37-39H,9-20H2,1-7H3,(H,40,41)/t22-,23+,24+,25-,26+,27-,28+,29+,32+,33-,34-,35+,36+/m0/s1. The molecule has 7 nitrogen and oxygen atoms in total. The van der Waals surface area contributed by atoms with Crippen LogP contribution in [0.5, 0.6) is 0 Å². The van der Waals surface area contributed by atoms with Crippen LogP contribution in [0.3, 0.4) is 0 Å². The Morgan fingerprint density at radius 2 is 1.65 bits per heavy atom. The van der Waals surface area contributed by atoms with Gasteiger partial charge in [-0.2, -0.15) is 0 Å². The zero-order chi connectivity index (χ0) is 31.4. The van der Waals surface area contributed by atoms with Crippen LogP contribution in [-0.4, -0.2) is 63.7 Å². The average Bonchev–Trinajstić information content (AvgIpc) is 2.93. The summed E-state index contributed by atoms with van der Waals surface area (Å²) in [6, 6.07) is 0. The van der Waals surface area contributed by atoms with E-state index in [2.05, 4.69) is 47.6 Å². The monoisotopic (exact) mass is 602 g/mol. The minimum Gasteiger partial charge on any atom is -0.481 e. The van der Waals surface area contributed by atoms with Gasteiger partial charge in [-0.15, -0.1) is 0 Å². The highest BCUT2D eigenvalue weighted by Crippen LogP contribution is 2.75. The van der Waals surface area contributed by atoms with Gasteiger partial charge in [-0.1, -0.05) is 53.2 Å². The molecule has 0 amide bonds. The second-order valence-electron chi connectivity index (χ2n) is 17.6. The van der Waals surface area contributed by atoms with Crippen molar-refractivity contribution in [2.24, 2.45) is 50.2 Å². The number of hydrogen-bond donors (Lipinski definition) is 4. The van der Waals surface area contributed by atoms with E-state index in [1.807, 2.05) is 6.92 Å². The van der Waals surface area contributed by atoms with Gasteiger partial charge < -0.3 is 29.9 Å². The molecule has 0 radical (unpaired) electrons. The van der Waals surface area contributed by atoms with E-state index in [9.17, 15) is 25.2 Å². The molecular formula is C36H58O7. The van der Waals surface area contributed by atoms with Crippen LogP contribution in [0.15, 0.2) is 11.6 Å². The van der Waals surface area contributed by atoms with Gasteiger partial charge in [0.1, 0.15) is 12.2 Å². The molecule has 0 spiro atoms. The van der Waals surface area contributed by atoms with Gasteiger partial charge in [0.15, 0.2) is 6.29 Å². The molecule has 6 rings (SSSR count). The third-order valence-electron chi connectivity index (χ3n) is 15.3. The number of aliphatic hydroxyl groups excluding tert-OH is 3. The summed E-state index contributed by atoms with van der Waals surface area (Å²) in [6.07, 6.45) is 9.53. The van der Waals surface area contributed by atoms with Gasteiger partial charge >= 0.3 is 5.97 Å². The molecule has 43 heavy (non-hydrogen) atoms. The number of aliphatic hydroxyl groups is 3. The maximum atomic E-state index is 12.4. The van der Waals surface area contributed by atoms with Crippen molar-refractivity contribution in [3.63, 3.8) is 0 Å². The summed E-state index contributed by atoms with van der Waals surface area (Å²) in [5, 5.41) is 40.5. The normalized spacial score (nSPS) is 54.3. The Kier molecular flexibility index (Phi) is 7.62. The minimum absolute atomic E-state index is 0.0293. The Morgan fingerprint density at radius 3 is 2.33 bits per heavy atom. The highest BCUT2D eigenvalue weighted by Gasteiger charge is 2.68. The number of rotatable bonds is 4. The van der Waals surface area contributed by atoms with Gasteiger partial charge in [0.05, 0.1) is 24.2 Å². The Labute approximate surface area is 258 Å². The van der Waals surface area contributed by atoms with Crippen molar-refractivity contribution in [3.05, 3.63) is 11.6 Å². The number of fused-ring (bicyclic) bond motifs is 7. The molecule has 1 heterocycles. The SMILES string of the molecule is CC1(C)[C@@H](O[C@@H]2C[C@@H](O)[C@@H](O)[C@@H](CO)O2)CC[C@]2(C)[C@H]3CC=C4[C@@H]5C[C@@](C)(C(=O)O)CC[C@]5(C)CC[C@@]4(C)[C@]3(C)CC[C@@H]12. The molecule has 0 aromatic rings. The second-order valence-corrected chi connectivity index (χ2v) is 17.6. The predicted octanol–water partition coefficient (Wildman–Crippen LogP) is 6.09. The fraction of sp³-hybridized carbons (Fsp3) is 0.917. The van der Waals surface area contributed by atoms with Gasteiger partial charge in [-0.05, 0) is 116 Å². The molecule has 0 aromatic heterocycles. The quantitative estimate of drug-likeness (QED) is 0.227. The Bertz CT molecular complexity index is 1150. The lowest BCUT2D eigenvalue weighted by atomic mass is 9.33. The Balaban J connectivity index is 1.27. The summed E-state index contributed by atoms with van der Waals surface area (Å²) < 4.78 is 12.5. The maximum absolute atomic E-state index is 12.4. The van der Waals surface area contributed by atoms with Crippen molar-refractivity contribution in [1.82, 2.24) is 0 Å². The molecule has 0 bridgehead atoms. The number of ether oxygens (including phenoxy) is 2. The second kappa shape index (κ2) is 10.3. The van der Waals surface area contributed by atoms with Crippen LogP contribution in [0.2, 0.25) is 0 Å². The summed E-state index contributed by atoms with van der Waals surface area (Å²) >= 11 is 0. The summed E-state index contributed by atoms with van der Waals surface area (Å²) in [7, 11) is 0. The molecule has 0 unspecified atom stereocenters. The fourth-order valence-electron chi connectivity index (χ4n) is 12.1. The van der Waals surface area contributed by atoms with E-state index in [0.29, 0.717) is 17.8 Å². The largest absolute Gasteiger partial charge is 0.481 e. The molecule has 244 valence electrons. The lowest BCUT2D eigenvalue weighted by Gasteiger charge is -2.71. The third-order valence-corrected chi connectivity index (χ3v) is 15.3. The van der Waals surface area contributed by atoms with Crippen molar-refractivity contribution < 1.29 is 34.7 Å². The third kappa shape index (κ3) is 4.48. The molecule has 4 saturated carbocycles. The first-order chi connectivity index (χ1) is 19.9. The zero-order valence-electron chi connectivity index (χ0n) is 27.7. The lowest BCUT2D eigenvalue weighted by Crippen LogP contribution is -2.65. The minimum atomic E-state index is -1.10. The molecule has 6 aliphatic rings. The number of carboxylic acid groups (broad SMARTS) is 1. The van der Waals surface area contributed by atoms with Crippen molar-refractivity contribution in [3.8, 4) is 0 Å². The number of carbonyl (C=O) groups is 1. The van der Waals surface area contributed by atoms with Crippen molar-refractivity contribution in [2.75, 3.05) is 6.61 Å². The van der Waals surface area contributed by atoms with Crippen LogP contribution >= 0.6 is 0 Å². The first kappa shape index (κ1) is 32.0. The van der Waals surface area contributed by atoms with E-state index in [4.69, 9.17) is 9.47 Å². The molecule has 1 aliphatic heterocycles. The molecule has 5 fully saturated rings. The number of hydrogen-bond acceptors (Lipinski definition) is 6. The highest BCUT2D eigenvalue weighted by atomic mass is 16.7. The van der Waals surface area contributed by atoms with Crippen LogP contribution in [0.4, 0.5) is 0 Å². The van der Waals surface area contributed by atoms with Crippen molar-refractivity contribution in [1.29, 1.82) is 0 Å². The van der Waals surface area contributed by atoms with Crippen LogP contribution < -0.4 is 0 Å². The molecule has 5 aliphatic carbocycles. The van der Waals surface area contributed by atoms with Crippen LogP contribution in [0.1, 0.15) is 119 Å². The molecule has 4 N–H and O–H groups in total. The first-order valence-electron chi connectivity index (χ1n) is 17.2. The van der Waals surface area contributed by atoms with E-state index in [-0.39, 0.29) is 46.2 Å². The summed E-state index contributed by atoms with van der Waals surface area (Å²) in [6.45, 7) is 16.5.